The van der Waals surface area contributed by atoms with Gasteiger partial charge in [0.25, 0.3) is 15.9 Å². The largest absolute Gasteiger partial charge is 0.497 e. The van der Waals surface area contributed by atoms with Crippen molar-refractivity contribution in [2.45, 2.75) is 4.90 Å². The third kappa shape index (κ3) is 5.92. The van der Waals surface area contributed by atoms with Gasteiger partial charge in [0.05, 0.1) is 31.3 Å². The Morgan fingerprint density at radius 3 is 2.31 bits per heavy atom. The first kappa shape index (κ1) is 23.0. The van der Waals surface area contributed by atoms with E-state index in [4.69, 9.17) is 14.2 Å². The summed E-state index contributed by atoms with van der Waals surface area (Å²) in [5.74, 6) is 1.36. The molecule has 0 aromatic heterocycles. The molecule has 0 aliphatic rings. The summed E-state index contributed by atoms with van der Waals surface area (Å²) >= 11 is 0. The molecule has 0 bridgehead atoms. The third-order valence-corrected chi connectivity index (χ3v) is 5.84. The molecular formula is C23H24N2O6S. The van der Waals surface area contributed by atoms with Crippen LogP contribution in [0, 0.1) is 0 Å². The molecule has 3 aromatic rings. The summed E-state index contributed by atoms with van der Waals surface area (Å²) in [6.07, 6.45) is 0. The van der Waals surface area contributed by atoms with E-state index in [1.54, 1.807) is 61.7 Å². The van der Waals surface area contributed by atoms with Gasteiger partial charge in [0.15, 0.2) is 0 Å². The molecule has 32 heavy (non-hydrogen) atoms. The molecule has 9 heteroatoms. The zero-order valence-corrected chi connectivity index (χ0v) is 18.5. The van der Waals surface area contributed by atoms with Gasteiger partial charge in [-0.05, 0) is 54.6 Å². The second-order valence-corrected chi connectivity index (χ2v) is 8.30. The van der Waals surface area contributed by atoms with Crippen molar-refractivity contribution >= 4 is 21.6 Å². The predicted octanol–water partition coefficient (Wildman–Crippen LogP) is 3.31. The number of sulfonamides is 1. The van der Waals surface area contributed by atoms with Crippen LogP contribution in [-0.4, -0.2) is 41.7 Å². The monoisotopic (exact) mass is 456 g/mol. The molecule has 0 heterocycles. The van der Waals surface area contributed by atoms with Crippen LogP contribution in [-0.2, 0) is 10.0 Å². The molecule has 0 radical (unpaired) electrons. The van der Waals surface area contributed by atoms with E-state index in [0.717, 1.165) is 5.75 Å². The topological polar surface area (TPSA) is 103 Å². The van der Waals surface area contributed by atoms with Crippen molar-refractivity contribution in [2.24, 2.45) is 0 Å². The second kappa shape index (κ2) is 10.5. The Kier molecular flexibility index (Phi) is 7.56. The lowest BCUT2D eigenvalue weighted by Crippen LogP contribution is -2.28. The molecule has 3 aromatic carbocycles. The average molecular weight is 457 g/mol. The van der Waals surface area contributed by atoms with E-state index in [-0.39, 0.29) is 23.6 Å². The number of carbonyl (C=O) groups excluding carboxylic acids is 1. The molecule has 168 valence electrons. The van der Waals surface area contributed by atoms with Gasteiger partial charge in [-0.2, -0.15) is 0 Å². The molecule has 0 spiro atoms. The fourth-order valence-corrected chi connectivity index (χ4v) is 3.96. The zero-order chi connectivity index (χ0) is 23.0. The highest BCUT2D eigenvalue weighted by Gasteiger charge is 2.18. The number of hydrogen-bond donors (Lipinski definition) is 2. The predicted molar refractivity (Wildman–Crippen MR) is 121 cm³/mol. The number of anilines is 1. The van der Waals surface area contributed by atoms with Gasteiger partial charge in [-0.15, -0.1) is 0 Å². The minimum atomic E-state index is -3.91. The Bertz CT molecular complexity index is 1160. The van der Waals surface area contributed by atoms with Crippen LogP contribution in [0.5, 0.6) is 17.2 Å². The van der Waals surface area contributed by atoms with E-state index in [1.165, 1.54) is 25.3 Å². The van der Waals surface area contributed by atoms with Crippen molar-refractivity contribution in [1.29, 1.82) is 0 Å². The molecule has 0 saturated heterocycles. The molecule has 0 aliphatic heterocycles. The van der Waals surface area contributed by atoms with Gasteiger partial charge >= 0.3 is 0 Å². The number of amides is 1. The molecule has 3 rings (SSSR count). The molecule has 1 amide bonds. The van der Waals surface area contributed by atoms with Gasteiger partial charge in [0.1, 0.15) is 23.9 Å². The van der Waals surface area contributed by atoms with Crippen molar-refractivity contribution in [3.8, 4) is 17.2 Å². The van der Waals surface area contributed by atoms with Crippen LogP contribution in [0.25, 0.3) is 0 Å². The molecule has 0 atom stereocenters. The molecule has 0 aliphatic carbocycles. The van der Waals surface area contributed by atoms with Gasteiger partial charge in [0, 0.05) is 5.56 Å². The van der Waals surface area contributed by atoms with E-state index in [2.05, 4.69) is 10.0 Å². The lowest BCUT2D eigenvalue weighted by atomic mass is 10.2. The van der Waals surface area contributed by atoms with E-state index < -0.39 is 15.9 Å². The Hall–Kier alpha value is -3.72. The summed E-state index contributed by atoms with van der Waals surface area (Å²) in [6.45, 7) is 0.507. The van der Waals surface area contributed by atoms with E-state index in [9.17, 15) is 13.2 Å². The molecule has 2 N–H and O–H groups in total. The van der Waals surface area contributed by atoms with Crippen molar-refractivity contribution in [3.05, 3.63) is 78.4 Å². The highest BCUT2D eigenvalue weighted by Crippen LogP contribution is 2.26. The third-order valence-electron chi connectivity index (χ3n) is 4.47. The Morgan fingerprint density at radius 2 is 1.59 bits per heavy atom. The zero-order valence-electron chi connectivity index (χ0n) is 17.7. The number of rotatable bonds is 10. The van der Waals surface area contributed by atoms with Crippen LogP contribution in [0.3, 0.4) is 0 Å². The minimum Gasteiger partial charge on any atom is -0.497 e. The van der Waals surface area contributed by atoms with Crippen LogP contribution >= 0.6 is 0 Å². The van der Waals surface area contributed by atoms with Crippen molar-refractivity contribution in [3.63, 3.8) is 0 Å². The lowest BCUT2D eigenvalue weighted by Gasteiger charge is -2.12. The molecule has 0 saturated carbocycles. The van der Waals surface area contributed by atoms with Crippen LogP contribution < -0.4 is 24.2 Å². The van der Waals surface area contributed by atoms with Gasteiger partial charge in [-0.3, -0.25) is 9.52 Å². The highest BCUT2D eigenvalue weighted by atomic mass is 32.2. The Morgan fingerprint density at radius 1 is 0.875 bits per heavy atom. The normalized spacial score (nSPS) is 10.8. The molecule has 0 unspecified atom stereocenters. The summed E-state index contributed by atoms with van der Waals surface area (Å²) in [5, 5.41) is 2.71. The van der Waals surface area contributed by atoms with Crippen LogP contribution in [0.1, 0.15) is 10.4 Å². The molecular weight excluding hydrogens is 432 g/mol. The maximum Gasteiger partial charge on any atom is 0.262 e. The minimum absolute atomic E-state index is 0.0365. The fraction of sp³-hybridized carbons (Fsp3) is 0.174. The Balaban J connectivity index is 1.59. The van der Waals surface area contributed by atoms with Gasteiger partial charge in [0.2, 0.25) is 0 Å². The smallest absolute Gasteiger partial charge is 0.262 e. The van der Waals surface area contributed by atoms with Crippen molar-refractivity contribution < 1.29 is 27.4 Å². The molecule has 8 nitrogen and oxygen atoms in total. The number of para-hydroxylation sites is 2. The summed E-state index contributed by atoms with van der Waals surface area (Å²) in [5.41, 5.74) is 0.526. The highest BCUT2D eigenvalue weighted by molar-refractivity contribution is 7.92. The number of ether oxygens (including phenoxy) is 3. The number of methoxy groups -OCH3 is 2. The van der Waals surface area contributed by atoms with E-state index in [0.29, 0.717) is 17.2 Å². The summed E-state index contributed by atoms with van der Waals surface area (Å²) in [6, 6.07) is 19.6. The van der Waals surface area contributed by atoms with Crippen molar-refractivity contribution in [1.82, 2.24) is 5.32 Å². The van der Waals surface area contributed by atoms with Crippen LogP contribution in [0.4, 0.5) is 5.69 Å². The lowest BCUT2D eigenvalue weighted by molar-refractivity contribution is 0.0947. The van der Waals surface area contributed by atoms with E-state index in [1.807, 2.05) is 0 Å². The summed E-state index contributed by atoms with van der Waals surface area (Å²) in [7, 11) is -0.875. The van der Waals surface area contributed by atoms with Crippen LogP contribution in [0.2, 0.25) is 0 Å². The number of benzene rings is 3. The standard InChI is InChI=1S/C23H24N2O6S/c1-29-18-10-12-19(13-11-18)31-15-14-24-23(26)17-6-5-7-20(16-17)32(27,28)25-21-8-3-4-9-22(21)30-2/h3-13,16,25H,14-15H2,1-2H3,(H,24,26). The SMILES string of the molecule is COc1ccc(OCCNC(=O)c2cccc(S(=O)(=O)Nc3ccccc3OC)c2)cc1. The second-order valence-electron chi connectivity index (χ2n) is 6.61. The first-order valence-corrected chi connectivity index (χ1v) is 11.2. The Labute approximate surface area is 187 Å². The number of nitrogens with one attached hydrogen (secondary N) is 2. The maximum absolute atomic E-state index is 12.8. The summed E-state index contributed by atoms with van der Waals surface area (Å²) in [4.78, 5) is 12.4. The van der Waals surface area contributed by atoms with Crippen molar-refractivity contribution in [2.75, 3.05) is 32.1 Å². The first-order valence-electron chi connectivity index (χ1n) is 9.74. The van der Waals surface area contributed by atoms with E-state index >= 15 is 0 Å². The maximum atomic E-state index is 12.8. The molecule has 0 fully saturated rings. The van der Waals surface area contributed by atoms with Crippen LogP contribution in [0.15, 0.2) is 77.7 Å². The van der Waals surface area contributed by atoms with Gasteiger partial charge in [-0.1, -0.05) is 18.2 Å². The number of hydrogen-bond acceptors (Lipinski definition) is 6. The fourth-order valence-electron chi connectivity index (χ4n) is 2.84. The quantitative estimate of drug-likeness (QED) is 0.454. The number of carbonyl (C=O) groups is 1. The van der Waals surface area contributed by atoms with Gasteiger partial charge < -0.3 is 19.5 Å². The van der Waals surface area contributed by atoms with Gasteiger partial charge in [-0.25, -0.2) is 8.42 Å². The average Bonchev–Trinajstić information content (AvgIpc) is 2.82. The first-order chi connectivity index (χ1) is 15.4. The summed E-state index contributed by atoms with van der Waals surface area (Å²) < 4.78 is 43.9.